The molecule has 0 saturated heterocycles. The van der Waals surface area contributed by atoms with E-state index in [0.29, 0.717) is 16.9 Å². The number of benzene rings is 2. The summed E-state index contributed by atoms with van der Waals surface area (Å²) in [5, 5.41) is 0.830. The number of aromatic nitrogens is 1. The molecule has 3 aromatic rings. The summed E-state index contributed by atoms with van der Waals surface area (Å²) in [5.41, 5.74) is 6.74. The predicted molar refractivity (Wildman–Crippen MR) is 90.8 cm³/mol. The second-order valence-corrected chi connectivity index (χ2v) is 5.31. The van der Waals surface area contributed by atoms with Crippen LogP contribution in [0.1, 0.15) is 20.7 Å². The number of aryl methyl sites for hydroxylation is 1. The van der Waals surface area contributed by atoms with E-state index in [2.05, 4.69) is 10.9 Å². The minimum absolute atomic E-state index is 0.367. The fourth-order valence-corrected chi connectivity index (χ4v) is 2.52. The number of fused-ring (bicyclic) bond motifs is 1. The van der Waals surface area contributed by atoms with Crippen molar-refractivity contribution in [1.29, 1.82) is 0 Å². The summed E-state index contributed by atoms with van der Waals surface area (Å²) < 4.78 is 6.91. The number of methoxy groups -OCH3 is 1. The third kappa shape index (κ3) is 2.94. The van der Waals surface area contributed by atoms with Crippen LogP contribution in [-0.2, 0) is 7.05 Å². The number of nitrogens with one attached hydrogen (secondary N) is 2. The molecule has 0 bridgehead atoms. The average molecular weight is 323 g/mol. The Balaban J connectivity index is 1.71. The quantitative estimate of drug-likeness (QED) is 0.726. The van der Waals surface area contributed by atoms with Crippen molar-refractivity contribution in [3.8, 4) is 5.75 Å². The number of rotatable bonds is 3. The first kappa shape index (κ1) is 15.6. The molecule has 0 saturated carbocycles. The van der Waals surface area contributed by atoms with Gasteiger partial charge in [0.1, 0.15) is 5.75 Å². The molecular formula is C18H17N3O3. The van der Waals surface area contributed by atoms with Gasteiger partial charge in [0.05, 0.1) is 12.7 Å². The molecular weight excluding hydrogens is 306 g/mol. The van der Waals surface area contributed by atoms with Crippen LogP contribution in [0.2, 0.25) is 0 Å². The summed E-state index contributed by atoms with van der Waals surface area (Å²) in [6.07, 6.45) is 1.74. The zero-order valence-corrected chi connectivity index (χ0v) is 13.4. The van der Waals surface area contributed by atoms with E-state index < -0.39 is 5.91 Å². The molecule has 0 fully saturated rings. The van der Waals surface area contributed by atoms with Crippen LogP contribution in [-0.4, -0.2) is 23.5 Å². The summed E-state index contributed by atoms with van der Waals surface area (Å²) >= 11 is 0. The first-order chi connectivity index (χ1) is 11.6. The van der Waals surface area contributed by atoms with Gasteiger partial charge in [0.15, 0.2) is 0 Å². The van der Waals surface area contributed by atoms with Crippen molar-refractivity contribution in [2.24, 2.45) is 7.05 Å². The molecule has 2 N–H and O–H groups in total. The van der Waals surface area contributed by atoms with Gasteiger partial charge in [-0.25, -0.2) is 0 Å². The summed E-state index contributed by atoms with van der Waals surface area (Å²) in [4.78, 5) is 24.4. The van der Waals surface area contributed by atoms with E-state index in [1.807, 2.05) is 35.9 Å². The molecule has 0 aliphatic heterocycles. The summed E-state index contributed by atoms with van der Waals surface area (Å²) in [5.74, 6) is -0.105. The Morgan fingerprint density at radius 1 is 0.958 bits per heavy atom. The highest BCUT2D eigenvalue weighted by Crippen LogP contribution is 2.19. The average Bonchev–Trinajstić information content (AvgIpc) is 2.97. The van der Waals surface area contributed by atoms with E-state index in [0.717, 1.165) is 10.9 Å². The summed E-state index contributed by atoms with van der Waals surface area (Å²) in [6.45, 7) is 0. The van der Waals surface area contributed by atoms with Crippen molar-refractivity contribution < 1.29 is 14.3 Å². The van der Waals surface area contributed by atoms with Crippen molar-refractivity contribution in [2.45, 2.75) is 0 Å². The largest absolute Gasteiger partial charge is 0.497 e. The minimum atomic E-state index is -0.397. The Morgan fingerprint density at radius 2 is 1.62 bits per heavy atom. The summed E-state index contributed by atoms with van der Waals surface area (Å²) in [7, 11) is 3.43. The van der Waals surface area contributed by atoms with Gasteiger partial charge in [-0.3, -0.25) is 20.4 Å². The maximum atomic E-state index is 12.3. The SMILES string of the molecule is COc1ccc(C(=O)NNC(=O)c2cn(C)c3ccccc23)cc1. The standard InChI is InChI=1S/C18H17N3O3/c1-21-11-15(14-5-3-4-6-16(14)21)18(23)20-19-17(22)12-7-9-13(24-2)10-8-12/h3-11H,1-2H3,(H,19,22)(H,20,23). The van der Waals surface area contributed by atoms with E-state index >= 15 is 0 Å². The number of carbonyl (C=O) groups excluding carboxylic acids is 2. The van der Waals surface area contributed by atoms with E-state index in [1.54, 1.807) is 37.6 Å². The second-order valence-electron chi connectivity index (χ2n) is 5.31. The monoisotopic (exact) mass is 323 g/mol. The van der Waals surface area contributed by atoms with Gasteiger partial charge < -0.3 is 9.30 Å². The molecule has 3 rings (SSSR count). The summed E-state index contributed by atoms with van der Waals surface area (Å²) in [6, 6.07) is 14.2. The molecule has 0 atom stereocenters. The molecule has 0 unspecified atom stereocenters. The van der Waals surface area contributed by atoms with Crippen molar-refractivity contribution in [1.82, 2.24) is 15.4 Å². The second kappa shape index (κ2) is 6.45. The van der Waals surface area contributed by atoms with Crippen LogP contribution in [0.15, 0.2) is 54.7 Å². The van der Waals surface area contributed by atoms with Gasteiger partial charge in [-0.1, -0.05) is 18.2 Å². The molecule has 0 radical (unpaired) electrons. The number of hydrazine groups is 1. The van der Waals surface area contributed by atoms with Gasteiger partial charge >= 0.3 is 0 Å². The number of carbonyl (C=O) groups is 2. The smallest absolute Gasteiger partial charge is 0.271 e. The lowest BCUT2D eigenvalue weighted by molar-refractivity contribution is 0.0847. The van der Waals surface area contributed by atoms with Gasteiger partial charge in [-0.2, -0.15) is 0 Å². The van der Waals surface area contributed by atoms with Gasteiger partial charge in [0.25, 0.3) is 11.8 Å². The number of para-hydroxylation sites is 1. The Labute approximate surface area is 139 Å². The maximum absolute atomic E-state index is 12.3. The molecule has 24 heavy (non-hydrogen) atoms. The number of amides is 2. The van der Waals surface area contributed by atoms with Crippen LogP contribution < -0.4 is 15.6 Å². The molecule has 0 aliphatic rings. The van der Waals surface area contributed by atoms with E-state index in [4.69, 9.17) is 4.74 Å². The predicted octanol–water partition coefficient (Wildman–Crippen LogP) is 2.26. The van der Waals surface area contributed by atoms with Gasteiger partial charge in [-0.15, -0.1) is 0 Å². The zero-order valence-electron chi connectivity index (χ0n) is 13.4. The number of hydrogen-bond donors (Lipinski definition) is 2. The topological polar surface area (TPSA) is 72.4 Å². The molecule has 0 aliphatic carbocycles. The molecule has 0 spiro atoms. The first-order valence-corrected chi connectivity index (χ1v) is 7.39. The number of ether oxygens (including phenoxy) is 1. The van der Waals surface area contributed by atoms with Crippen molar-refractivity contribution in [2.75, 3.05) is 7.11 Å². The fourth-order valence-electron chi connectivity index (χ4n) is 2.52. The Bertz CT molecular complexity index is 898. The fraction of sp³-hybridized carbons (Fsp3) is 0.111. The first-order valence-electron chi connectivity index (χ1n) is 7.39. The Kier molecular flexibility index (Phi) is 4.20. The lowest BCUT2D eigenvalue weighted by Gasteiger charge is -2.07. The molecule has 1 aromatic heterocycles. The highest BCUT2D eigenvalue weighted by atomic mass is 16.5. The van der Waals surface area contributed by atoms with E-state index in [9.17, 15) is 9.59 Å². The van der Waals surface area contributed by atoms with Gasteiger partial charge in [0.2, 0.25) is 0 Å². The number of hydrogen-bond acceptors (Lipinski definition) is 3. The highest BCUT2D eigenvalue weighted by Gasteiger charge is 2.14. The van der Waals surface area contributed by atoms with Crippen LogP contribution in [0.25, 0.3) is 10.9 Å². The molecule has 6 nitrogen and oxygen atoms in total. The van der Waals surface area contributed by atoms with Crippen molar-refractivity contribution in [3.63, 3.8) is 0 Å². The molecule has 1 heterocycles. The highest BCUT2D eigenvalue weighted by molar-refractivity contribution is 6.07. The van der Waals surface area contributed by atoms with Crippen LogP contribution in [0.4, 0.5) is 0 Å². The van der Waals surface area contributed by atoms with Crippen LogP contribution in [0.5, 0.6) is 5.75 Å². The normalized spacial score (nSPS) is 10.4. The molecule has 6 heteroatoms. The Morgan fingerprint density at radius 3 is 2.33 bits per heavy atom. The number of nitrogens with zero attached hydrogens (tertiary/aromatic N) is 1. The third-order valence-electron chi connectivity index (χ3n) is 3.78. The molecule has 2 amide bonds. The van der Waals surface area contributed by atoms with Crippen LogP contribution in [0.3, 0.4) is 0 Å². The maximum Gasteiger partial charge on any atom is 0.271 e. The van der Waals surface area contributed by atoms with Gasteiger partial charge in [0, 0.05) is 29.7 Å². The van der Waals surface area contributed by atoms with E-state index in [-0.39, 0.29) is 5.91 Å². The minimum Gasteiger partial charge on any atom is -0.497 e. The van der Waals surface area contributed by atoms with Crippen LogP contribution >= 0.6 is 0 Å². The molecule has 2 aromatic carbocycles. The van der Waals surface area contributed by atoms with Gasteiger partial charge in [-0.05, 0) is 30.3 Å². The lowest BCUT2D eigenvalue weighted by atomic mass is 10.2. The third-order valence-corrected chi connectivity index (χ3v) is 3.78. The van der Waals surface area contributed by atoms with Crippen molar-refractivity contribution in [3.05, 3.63) is 65.9 Å². The Hall–Kier alpha value is -3.28. The zero-order chi connectivity index (χ0) is 17.1. The van der Waals surface area contributed by atoms with E-state index in [1.165, 1.54) is 0 Å². The van der Waals surface area contributed by atoms with Crippen molar-refractivity contribution >= 4 is 22.7 Å². The lowest BCUT2D eigenvalue weighted by Crippen LogP contribution is -2.41. The molecule has 122 valence electrons. The van der Waals surface area contributed by atoms with Crippen LogP contribution in [0, 0.1) is 0 Å².